The van der Waals surface area contributed by atoms with Crippen molar-refractivity contribution in [3.8, 4) is 0 Å². The van der Waals surface area contributed by atoms with Gasteiger partial charge in [0.2, 0.25) is 0 Å². The highest BCUT2D eigenvalue weighted by Gasteiger charge is 2.49. The van der Waals surface area contributed by atoms with Gasteiger partial charge in [0.25, 0.3) is 5.92 Å². The zero-order valence-electron chi connectivity index (χ0n) is 6.18. The third-order valence-corrected chi connectivity index (χ3v) is 2.48. The molecule has 0 heterocycles. The van der Waals surface area contributed by atoms with E-state index < -0.39 is 5.92 Å². The van der Waals surface area contributed by atoms with E-state index in [4.69, 9.17) is 11.6 Å². The normalized spacial score (nSPS) is 36.4. The highest BCUT2D eigenvalue weighted by atomic mass is 35.5. The molecule has 2 rings (SSSR count). The average Bonchev–Trinajstić information content (AvgIpc) is 2.61. The number of hydrogen-bond acceptors (Lipinski definition) is 0. The summed E-state index contributed by atoms with van der Waals surface area (Å²) in [5, 5.41) is -0.324. The molecule has 64 valence electrons. The van der Waals surface area contributed by atoms with Gasteiger partial charge in [0.05, 0.1) is 5.38 Å². The van der Waals surface area contributed by atoms with E-state index >= 15 is 0 Å². The van der Waals surface area contributed by atoms with E-state index in [1.807, 2.05) is 0 Å². The highest BCUT2D eigenvalue weighted by Crippen LogP contribution is 2.48. The fourth-order valence-electron chi connectivity index (χ4n) is 1.33. The molecule has 0 bridgehead atoms. The minimum atomic E-state index is -2.67. The van der Waals surface area contributed by atoms with Gasteiger partial charge in [-0.25, -0.2) is 0 Å². The molecule has 2 aliphatic carbocycles. The molecule has 2 unspecified atom stereocenters. The van der Waals surface area contributed by atoms with E-state index in [-0.39, 0.29) is 16.9 Å². The van der Waals surface area contributed by atoms with Gasteiger partial charge in [0.15, 0.2) is 0 Å². The Balaban J connectivity index is 2.12. The van der Waals surface area contributed by atoms with Gasteiger partial charge in [0, 0.05) is 11.5 Å². The smallest absolute Gasteiger partial charge is 0.197 e. The summed E-state index contributed by atoms with van der Waals surface area (Å²) in [6.45, 7) is 0. The Hall–Kier alpha value is -0.630. The first-order valence-electron chi connectivity index (χ1n) is 3.71. The van der Waals surface area contributed by atoms with Crippen LogP contribution in [-0.4, -0.2) is 11.3 Å². The van der Waals surface area contributed by atoms with E-state index in [0.29, 0.717) is 0 Å². The maximum absolute atomic E-state index is 12.5. The van der Waals surface area contributed by atoms with Gasteiger partial charge in [-0.15, -0.1) is 11.6 Å². The Morgan fingerprint density at radius 3 is 2.33 bits per heavy atom. The molecule has 12 heavy (non-hydrogen) atoms. The van der Waals surface area contributed by atoms with Crippen LogP contribution in [0.5, 0.6) is 0 Å². The summed E-state index contributed by atoms with van der Waals surface area (Å²) in [7, 11) is 0. The Morgan fingerprint density at radius 2 is 1.83 bits per heavy atom. The zero-order valence-corrected chi connectivity index (χ0v) is 6.93. The van der Waals surface area contributed by atoms with Gasteiger partial charge in [-0.3, -0.25) is 0 Å². The van der Waals surface area contributed by atoms with Gasteiger partial charge in [0.1, 0.15) is 0 Å². The Morgan fingerprint density at radius 1 is 1.25 bits per heavy atom. The number of halogens is 3. The van der Waals surface area contributed by atoms with E-state index in [1.165, 1.54) is 0 Å². The molecule has 0 amide bonds. The molecule has 0 radical (unpaired) electrons. The lowest BCUT2D eigenvalue weighted by Crippen LogP contribution is -2.15. The number of alkyl halides is 3. The molecule has 3 heteroatoms. The second-order valence-electron chi connectivity index (χ2n) is 2.96. The molecule has 0 saturated heterocycles. The van der Waals surface area contributed by atoms with Gasteiger partial charge < -0.3 is 0 Å². The third-order valence-electron chi connectivity index (χ3n) is 2.07. The first kappa shape index (κ1) is 7.99. The Kier molecular flexibility index (Phi) is 1.62. The van der Waals surface area contributed by atoms with Crippen molar-refractivity contribution in [3.63, 3.8) is 0 Å². The fourth-order valence-corrected chi connectivity index (χ4v) is 1.64. The summed E-state index contributed by atoms with van der Waals surface area (Å²) in [5.41, 5.74) is 0.156. The van der Waals surface area contributed by atoms with Crippen molar-refractivity contribution in [1.82, 2.24) is 0 Å². The molecule has 0 N–H and O–H groups in total. The molecular formula is C9H7ClF2. The van der Waals surface area contributed by atoms with Crippen molar-refractivity contribution in [2.75, 3.05) is 0 Å². The van der Waals surface area contributed by atoms with Crippen LogP contribution < -0.4 is 0 Å². The molecule has 0 aliphatic heterocycles. The highest BCUT2D eigenvalue weighted by molar-refractivity contribution is 6.22. The first-order valence-corrected chi connectivity index (χ1v) is 4.15. The maximum atomic E-state index is 12.5. The molecule has 0 aromatic carbocycles. The lowest BCUT2D eigenvalue weighted by Gasteiger charge is -2.16. The summed E-state index contributed by atoms with van der Waals surface area (Å²) in [6, 6.07) is 0. The predicted octanol–water partition coefficient (Wildman–Crippen LogP) is 2.91. The third kappa shape index (κ3) is 1.20. The SMILES string of the molecule is FC1(F)C=C1C1C=CC=CC1Cl. The van der Waals surface area contributed by atoms with Crippen LogP contribution >= 0.6 is 11.6 Å². The average molecular weight is 189 g/mol. The summed E-state index contributed by atoms with van der Waals surface area (Å²) in [6.07, 6.45) is 7.93. The van der Waals surface area contributed by atoms with Gasteiger partial charge in [-0.1, -0.05) is 24.3 Å². The van der Waals surface area contributed by atoms with Crippen LogP contribution in [0.1, 0.15) is 0 Å². The number of rotatable bonds is 1. The van der Waals surface area contributed by atoms with Crippen LogP contribution in [0.15, 0.2) is 36.0 Å². The standard InChI is InChI=1S/C9H7ClF2/c10-8-4-2-1-3-6(8)7-5-9(7,11)12/h1-6,8H. The van der Waals surface area contributed by atoms with Crippen molar-refractivity contribution < 1.29 is 8.78 Å². The Bertz CT molecular complexity index is 289. The summed E-state index contributed by atoms with van der Waals surface area (Å²) in [5.74, 6) is -2.99. The van der Waals surface area contributed by atoms with Crippen LogP contribution in [0.4, 0.5) is 8.78 Å². The monoisotopic (exact) mass is 188 g/mol. The summed E-state index contributed by atoms with van der Waals surface area (Å²) >= 11 is 5.83. The molecule has 0 fully saturated rings. The van der Waals surface area contributed by atoms with E-state index in [0.717, 1.165) is 6.08 Å². The number of allylic oxidation sites excluding steroid dienone is 6. The molecular weight excluding hydrogens is 182 g/mol. The minimum absolute atomic E-state index is 0.156. The van der Waals surface area contributed by atoms with Crippen LogP contribution in [-0.2, 0) is 0 Å². The lowest BCUT2D eigenvalue weighted by molar-refractivity contribution is 0.137. The maximum Gasteiger partial charge on any atom is 0.289 e. The van der Waals surface area contributed by atoms with Gasteiger partial charge in [-0.2, -0.15) is 8.78 Å². The lowest BCUT2D eigenvalue weighted by atomic mass is 9.97. The van der Waals surface area contributed by atoms with Crippen LogP contribution in [0.25, 0.3) is 0 Å². The molecule has 0 aromatic heterocycles. The second-order valence-corrected chi connectivity index (χ2v) is 3.47. The van der Waals surface area contributed by atoms with Crippen molar-refractivity contribution in [2.24, 2.45) is 5.92 Å². The summed E-state index contributed by atoms with van der Waals surface area (Å²) < 4.78 is 25.1. The molecule has 0 nitrogen and oxygen atoms in total. The van der Waals surface area contributed by atoms with Crippen LogP contribution in [0.2, 0.25) is 0 Å². The van der Waals surface area contributed by atoms with E-state index in [1.54, 1.807) is 24.3 Å². The van der Waals surface area contributed by atoms with Crippen molar-refractivity contribution in [3.05, 3.63) is 36.0 Å². The fraction of sp³-hybridized carbons (Fsp3) is 0.333. The molecule has 0 spiro atoms. The van der Waals surface area contributed by atoms with Gasteiger partial charge in [-0.05, 0) is 6.08 Å². The molecule has 2 atom stereocenters. The van der Waals surface area contributed by atoms with Crippen molar-refractivity contribution >= 4 is 11.6 Å². The largest absolute Gasteiger partial charge is 0.289 e. The predicted molar refractivity (Wildman–Crippen MR) is 44.4 cm³/mol. The number of hydrogen-bond donors (Lipinski definition) is 0. The zero-order chi connectivity index (χ0) is 8.77. The van der Waals surface area contributed by atoms with Crippen LogP contribution in [0, 0.1) is 5.92 Å². The Labute approximate surface area is 74.2 Å². The quantitative estimate of drug-likeness (QED) is 0.439. The molecule has 0 aromatic rings. The summed E-state index contributed by atoms with van der Waals surface area (Å²) in [4.78, 5) is 0. The van der Waals surface area contributed by atoms with Gasteiger partial charge >= 0.3 is 0 Å². The topological polar surface area (TPSA) is 0 Å². The van der Waals surface area contributed by atoms with E-state index in [9.17, 15) is 8.78 Å². The minimum Gasteiger partial charge on any atom is -0.197 e. The second kappa shape index (κ2) is 2.43. The van der Waals surface area contributed by atoms with Crippen LogP contribution in [0.3, 0.4) is 0 Å². The van der Waals surface area contributed by atoms with Crippen molar-refractivity contribution in [1.29, 1.82) is 0 Å². The molecule has 2 aliphatic rings. The first-order chi connectivity index (χ1) is 5.61. The van der Waals surface area contributed by atoms with Crippen molar-refractivity contribution in [2.45, 2.75) is 11.3 Å². The molecule has 0 saturated carbocycles. The van der Waals surface area contributed by atoms with E-state index in [2.05, 4.69) is 0 Å².